The van der Waals surface area contributed by atoms with E-state index in [-0.39, 0.29) is 0 Å². The number of hydrogen-bond acceptors (Lipinski definition) is 1. The van der Waals surface area contributed by atoms with Crippen LogP contribution in [0.2, 0.25) is 0 Å². The van der Waals surface area contributed by atoms with Crippen molar-refractivity contribution in [3.63, 3.8) is 0 Å². The van der Waals surface area contributed by atoms with Crippen LogP contribution in [-0.2, 0) is 0 Å². The lowest BCUT2D eigenvalue weighted by molar-refractivity contribution is 1.50. The summed E-state index contributed by atoms with van der Waals surface area (Å²) >= 11 is 0. The predicted octanol–water partition coefficient (Wildman–Crippen LogP) is 0.117. The Balaban J connectivity index is 2.43. The molecular weight excluding hydrogens is 69.0 g/mol. The summed E-state index contributed by atoms with van der Waals surface area (Å²) in [5.74, 6) is 0. The van der Waals surface area contributed by atoms with Crippen LogP contribution < -0.4 is 0 Å². The molecule has 0 spiro atoms. The summed E-state index contributed by atoms with van der Waals surface area (Å²) < 4.78 is 0. The van der Waals surface area contributed by atoms with Crippen molar-refractivity contribution in [1.29, 1.82) is 5.26 Å². The normalized spacial score (nSPS) is 5.75. The van der Waals surface area contributed by atoms with Gasteiger partial charge in [-0.3, -0.25) is 0 Å². The Morgan fingerprint density at radius 3 is 2.25 bits per heavy atom. The van der Waals surface area contributed by atoms with Crippen LogP contribution in [0.15, 0.2) is 0 Å². The molecule has 0 saturated heterocycles. The third kappa shape index (κ3) is 1.92. The number of hydrogen-bond donors (Lipinski definition) is 0. The Morgan fingerprint density at radius 2 is 2.25 bits per heavy atom. The molecule has 0 aromatic heterocycles. The standard InChI is InChI=1S/C2H4NP/c3-1-2-4/h2,4H2/p+1. The summed E-state index contributed by atoms with van der Waals surface area (Å²) in [5.41, 5.74) is 0. The van der Waals surface area contributed by atoms with Gasteiger partial charge in [-0.05, 0) is 9.24 Å². The van der Waals surface area contributed by atoms with Gasteiger partial charge in [-0.25, -0.2) is 0 Å². The SMILES string of the molecule is N#CC[PH3+]. The Hall–Kier alpha value is -0.0800. The molecule has 0 aromatic carbocycles. The molecule has 0 saturated carbocycles. The fourth-order valence-corrected chi connectivity index (χ4v) is 0. The van der Waals surface area contributed by atoms with Gasteiger partial charge in [0.25, 0.3) is 0 Å². The van der Waals surface area contributed by atoms with Gasteiger partial charge in [0.1, 0.15) is 12.2 Å². The van der Waals surface area contributed by atoms with E-state index in [1.165, 1.54) is 0 Å². The predicted molar refractivity (Wildman–Crippen MR) is 21.6 cm³/mol. The minimum atomic E-state index is 0.653. The Bertz CT molecular complexity index is 35.8. The minimum Gasteiger partial charge on any atom is -0.194 e. The van der Waals surface area contributed by atoms with E-state index in [1.807, 2.05) is 6.07 Å². The van der Waals surface area contributed by atoms with Gasteiger partial charge in [0.2, 0.25) is 0 Å². The summed E-state index contributed by atoms with van der Waals surface area (Å²) in [6, 6.07) is 1.94. The van der Waals surface area contributed by atoms with E-state index in [1.54, 1.807) is 9.24 Å². The molecule has 0 rings (SSSR count). The van der Waals surface area contributed by atoms with Crippen LogP contribution in [0.4, 0.5) is 0 Å². The van der Waals surface area contributed by atoms with Gasteiger partial charge in [0.15, 0.2) is 0 Å². The molecule has 0 aliphatic heterocycles. The van der Waals surface area contributed by atoms with Crippen LogP contribution in [0, 0.1) is 11.3 Å². The molecule has 22 valence electrons. The zero-order valence-corrected chi connectivity index (χ0v) is 3.78. The molecule has 0 aromatic rings. The first kappa shape index (κ1) is 3.92. The third-order valence-corrected chi connectivity index (χ3v) is 0.335. The minimum absolute atomic E-state index is 0.653. The third-order valence-electron chi connectivity index (χ3n) is 0.112. The molecule has 0 radical (unpaired) electrons. The summed E-state index contributed by atoms with van der Waals surface area (Å²) in [6.07, 6.45) is 0.653. The first-order valence-corrected chi connectivity index (χ1v) is 2.08. The van der Waals surface area contributed by atoms with Gasteiger partial charge >= 0.3 is 0 Å². The van der Waals surface area contributed by atoms with Crippen molar-refractivity contribution < 1.29 is 0 Å². The average Bonchev–Trinajstić information content (AvgIpc) is 1.37. The molecule has 1 atom stereocenters. The Kier molecular flexibility index (Phi) is 2.86. The molecule has 0 N–H and O–H groups in total. The van der Waals surface area contributed by atoms with Crippen LogP contribution in [0.3, 0.4) is 0 Å². The van der Waals surface area contributed by atoms with Crippen LogP contribution in [0.1, 0.15) is 0 Å². The second-order valence-corrected chi connectivity index (χ2v) is 0.908. The molecule has 4 heavy (non-hydrogen) atoms. The summed E-state index contributed by atoms with van der Waals surface area (Å²) in [6.45, 7) is 0. The van der Waals surface area contributed by atoms with Crippen LogP contribution in [-0.4, -0.2) is 6.16 Å². The quantitative estimate of drug-likeness (QED) is 0.374. The number of nitrogens with zero attached hydrogens (tertiary/aromatic N) is 1. The highest BCUT2D eigenvalue weighted by atomic mass is 31.0. The number of rotatable bonds is 0. The molecule has 1 nitrogen and oxygen atoms in total. The molecule has 0 aliphatic rings. The molecular formula is C2H5NP+. The molecule has 1 unspecified atom stereocenters. The smallest absolute Gasteiger partial charge is 0.137 e. The van der Waals surface area contributed by atoms with Crippen molar-refractivity contribution in [3.05, 3.63) is 0 Å². The summed E-state index contributed by atoms with van der Waals surface area (Å²) in [7, 11) is 1.66. The van der Waals surface area contributed by atoms with Crippen LogP contribution in [0.5, 0.6) is 0 Å². The van der Waals surface area contributed by atoms with Crippen molar-refractivity contribution in [3.8, 4) is 6.07 Å². The molecule has 2 heteroatoms. The van der Waals surface area contributed by atoms with Gasteiger partial charge in [0.05, 0.1) is 0 Å². The van der Waals surface area contributed by atoms with Gasteiger partial charge < -0.3 is 0 Å². The second-order valence-electron chi connectivity index (χ2n) is 0.408. The topological polar surface area (TPSA) is 23.8 Å². The lowest BCUT2D eigenvalue weighted by Crippen LogP contribution is -1.45. The first-order valence-electron chi connectivity index (χ1n) is 1.08. The second kappa shape index (κ2) is 2.92. The lowest BCUT2D eigenvalue weighted by atomic mass is 10.9. The van der Waals surface area contributed by atoms with Crippen LogP contribution >= 0.6 is 9.24 Å². The average molecular weight is 74.0 g/mol. The van der Waals surface area contributed by atoms with E-state index in [0.29, 0.717) is 6.16 Å². The van der Waals surface area contributed by atoms with E-state index in [9.17, 15) is 0 Å². The lowest BCUT2D eigenvalue weighted by Gasteiger charge is -1.40. The van der Waals surface area contributed by atoms with Gasteiger partial charge in [-0.15, -0.1) is 0 Å². The first-order chi connectivity index (χ1) is 1.91. The molecule has 0 aliphatic carbocycles. The van der Waals surface area contributed by atoms with E-state index in [0.717, 1.165) is 0 Å². The molecule has 0 bridgehead atoms. The van der Waals surface area contributed by atoms with E-state index in [4.69, 9.17) is 5.26 Å². The van der Waals surface area contributed by atoms with Crippen LogP contribution in [0.25, 0.3) is 0 Å². The maximum Gasteiger partial charge on any atom is 0.137 e. The van der Waals surface area contributed by atoms with Crippen molar-refractivity contribution in [2.24, 2.45) is 0 Å². The highest BCUT2D eigenvalue weighted by molar-refractivity contribution is 7.16. The fraction of sp³-hybridized carbons (Fsp3) is 0.500. The Labute approximate surface area is 27.8 Å². The summed E-state index contributed by atoms with van der Waals surface area (Å²) in [4.78, 5) is 0. The zero-order chi connectivity index (χ0) is 3.41. The number of nitriles is 1. The molecule has 0 fully saturated rings. The fourth-order valence-electron chi connectivity index (χ4n) is 0. The van der Waals surface area contributed by atoms with E-state index >= 15 is 0 Å². The van der Waals surface area contributed by atoms with Crippen molar-refractivity contribution in [2.75, 3.05) is 6.16 Å². The molecule has 0 amide bonds. The van der Waals surface area contributed by atoms with Gasteiger partial charge in [0, 0.05) is 0 Å². The van der Waals surface area contributed by atoms with E-state index < -0.39 is 0 Å². The van der Waals surface area contributed by atoms with Crippen molar-refractivity contribution in [1.82, 2.24) is 0 Å². The Morgan fingerprint density at radius 1 is 2.00 bits per heavy atom. The molecule has 0 heterocycles. The summed E-state index contributed by atoms with van der Waals surface area (Å²) in [5, 5.41) is 7.63. The van der Waals surface area contributed by atoms with E-state index in [2.05, 4.69) is 0 Å². The monoisotopic (exact) mass is 74.0 g/mol. The van der Waals surface area contributed by atoms with Gasteiger partial charge in [-0.2, -0.15) is 5.26 Å². The highest BCUT2D eigenvalue weighted by Crippen LogP contribution is 1.69. The maximum absolute atomic E-state index is 7.63. The van der Waals surface area contributed by atoms with Gasteiger partial charge in [-0.1, -0.05) is 0 Å². The maximum atomic E-state index is 7.63. The van der Waals surface area contributed by atoms with Crippen molar-refractivity contribution >= 4 is 9.24 Å². The zero-order valence-electron chi connectivity index (χ0n) is 2.36. The highest BCUT2D eigenvalue weighted by Gasteiger charge is 1.56. The largest absolute Gasteiger partial charge is 0.194 e. The van der Waals surface area contributed by atoms with Crippen molar-refractivity contribution in [2.45, 2.75) is 0 Å².